The highest BCUT2D eigenvalue weighted by molar-refractivity contribution is 7.93. The van der Waals surface area contributed by atoms with Gasteiger partial charge in [0.05, 0.1) is 11.4 Å². The Morgan fingerprint density at radius 2 is 1.89 bits per heavy atom. The average Bonchev–Trinajstić information content (AvgIpc) is 3.05. The van der Waals surface area contributed by atoms with E-state index in [1.165, 1.54) is 11.4 Å². The number of likely N-dealkylation sites (N-methyl/N-ethyl adjacent to an activating group) is 1. The first-order chi connectivity index (χ1) is 13.4. The summed E-state index contributed by atoms with van der Waals surface area (Å²) in [6.45, 7) is 0.339. The summed E-state index contributed by atoms with van der Waals surface area (Å²) in [6, 6.07) is 13.1. The second-order valence-electron chi connectivity index (χ2n) is 6.23. The molecule has 1 aliphatic rings. The molecule has 0 atom stereocenters. The summed E-state index contributed by atoms with van der Waals surface area (Å²) in [5, 5.41) is 5.21. The Hall–Kier alpha value is -3.07. The number of benzene rings is 2. The van der Waals surface area contributed by atoms with E-state index in [-0.39, 0.29) is 24.2 Å². The maximum Gasteiger partial charge on any atom is 0.257 e. The van der Waals surface area contributed by atoms with Gasteiger partial charge in [0, 0.05) is 30.9 Å². The van der Waals surface area contributed by atoms with Gasteiger partial charge in [-0.3, -0.25) is 13.9 Å². The molecule has 0 aliphatic carbocycles. The number of nitrogens with one attached hydrogen (secondary N) is 2. The molecule has 2 aromatic rings. The smallest absolute Gasteiger partial charge is 0.257 e. The number of hydrogen-bond donors (Lipinski definition) is 2. The van der Waals surface area contributed by atoms with Crippen LogP contribution in [-0.4, -0.2) is 46.2 Å². The maximum absolute atomic E-state index is 12.4. The first-order valence-electron chi connectivity index (χ1n) is 8.74. The summed E-state index contributed by atoms with van der Waals surface area (Å²) in [6.07, 6.45) is 0.600. The van der Waals surface area contributed by atoms with Crippen molar-refractivity contribution >= 4 is 33.2 Å². The van der Waals surface area contributed by atoms with Crippen molar-refractivity contribution in [2.45, 2.75) is 6.42 Å². The van der Waals surface area contributed by atoms with Crippen LogP contribution < -0.4 is 19.7 Å². The molecule has 3 rings (SSSR count). The summed E-state index contributed by atoms with van der Waals surface area (Å²) in [5.41, 5.74) is 1.47. The lowest BCUT2D eigenvalue weighted by molar-refractivity contribution is -0.122. The van der Waals surface area contributed by atoms with Crippen molar-refractivity contribution in [3.8, 4) is 5.75 Å². The Labute approximate surface area is 163 Å². The molecule has 0 saturated carbocycles. The van der Waals surface area contributed by atoms with Gasteiger partial charge >= 0.3 is 0 Å². The van der Waals surface area contributed by atoms with Gasteiger partial charge in [-0.1, -0.05) is 6.07 Å². The van der Waals surface area contributed by atoms with Crippen molar-refractivity contribution in [2.75, 3.05) is 35.6 Å². The third-order valence-corrected chi connectivity index (χ3v) is 6.13. The Balaban J connectivity index is 1.66. The highest BCUT2D eigenvalue weighted by Gasteiger charge is 2.28. The molecule has 28 heavy (non-hydrogen) atoms. The number of sulfonamides is 1. The van der Waals surface area contributed by atoms with Crippen LogP contribution in [0.3, 0.4) is 0 Å². The lowest BCUT2D eigenvalue weighted by atomic mass is 10.2. The summed E-state index contributed by atoms with van der Waals surface area (Å²) in [4.78, 5) is 23.7. The number of anilines is 2. The molecule has 2 amide bonds. The maximum atomic E-state index is 12.4. The van der Waals surface area contributed by atoms with E-state index in [9.17, 15) is 18.0 Å². The van der Waals surface area contributed by atoms with E-state index in [4.69, 9.17) is 4.74 Å². The zero-order valence-corrected chi connectivity index (χ0v) is 16.2. The van der Waals surface area contributed by atoms with Crippen LogP contribution in [-0.2, 0) is 14.8 Å². The molecule has 0 radical (unpaired) electrons. The van der Waals surface area contributed by atoms with Crippen molar-refractivity contribution in [1.29, 1.82) is 0 Å². The Morgan fingerprint density at radius 1 is 1.14 bits per heavy atom. The number of carbonyl (C=O) groups is 2. The Kier molecular flexibility index (Phi) is 5.84. The molecule has 0 unspecified atom stereocenters. The fourth-order valence-electron chi connectivity index (χ4n) is 2.80. The van der Waals surface area contributed by atoms with Gasteiger partial charge in [-0.15, -0.1) is 0 Å². The predicted octanol–water partition coefficient (Wildman–Crippen LogP) is 1.60. The van der Waals surface area contributed by atoms with Crippen LogP contribution in [0, 0.1) is 0 Å². The fraction of sp³-hybridized carbons (Fsp3) is 0.263. The lowest BCUT2D eigenvalue weighted by Crippen LogP contribution is -2.25. The first-order valence-corrected chi connectivity index (χ1v) is 10.4. The fourth-order valence-corrected chi connectivity index (χ4v) is 4.36. The van der Waals surface area contributed by atoms with Crippen LogP contribution in [0.1, 0.15) is 16.8 Å². The highest BCUT2D eigenvalue weighted by atomic mass is 32.2. The minimum absolute atomic E-state index is 0.116. The quantitative estimate of drug-likeness (QED) is 0.762. The van der Waals surface area contributed by atoms with E-state index in [0.29, 0.717) is 35.7 Å². The van der Waals surface area contributed by atoms with Crippen molar-refractivity contribution in [3.63, 3.8) is 0 Å². The van der Waals surface area contributed by atoms with Gasteiger partial charge in [0.1, 0.15) is 5.75 Å². The van der Waals surface area contributed by atoms with Gasteiger partial charge in [0.25, 0.3) is 11.8 Å². The lowest BCUT2D eigenvalue weighted by Gasteiger charge is -2.17. The zero-order valence-electron chi connectivity index (χ0n) is 15.3. The Bertz CT molecular complexity index is 973. The van der Waals surface area contributed by atoms with Crippen LogP contribution >= 0.6 is 0 Å². The topological polar surface area (TPSA) is 105 Å². The standard InChI is InChI=1S/C19H21N3O5S/c1-20-18(23)13-27-17-5-2-4-15(12-17)21-19(24)14-6-8-16(9-7-14)22-10-3-11-28(22,25)26/h2,4-9,12H,3,10-11,13H2,1H3,(H,20,23)(H,21,24). The molecule has 0 spiro atoms. The van der Waals surface area contributed by atoms with Crippen molar-refractivity contribution in [3.05, 3.63) is 54.1 Å². The summed E-state index contributed by atoms with van der Waals surface area (Å²) in [7, 11) is -1.73. The number of ether oxygens (including phenoxy) is 1. The van der Waals surface area contributed by atoms with Gasteiger partial charge in [-0.2, -0.15) is 0 Å². The van der Waals surface area contributed by atoms with Crippen molar-refractivity contribution in [2.24, 2.45) is 0 Å². The van der Waals surface area contributed by atoms with Gasteiger partial charge in [0.15, 0.2) is 6.61 Å². The van der Waals surface area contributed by atoms with Crippen LogP contribution in [0.15, 0.2) is 48.5 Å². The predicted molar refractivity (Wildman–Crippen MR) is 106 cm³/mol. The molecule has 1 saturated heterocycles. The van der Waals surface area contributed by atoms with Crippen molar-refractivity contribution < 1.29 is 22.7 Å². The number of carbonyl (C=O) groups excluding carboxylic acids is 2. The monoisotopic (exact) mass is 403 g/mol. The van der Waals surface area contributed by atoms with E-state index < -0.39 is 10.0 Å². The average molecular weight is 403 g/mol. The molecular formula is C19H21N3O5S. The number of amides is 2. The number of rotatable bonds is 6. The molecular weight excluding hydrogens is 382 g/mol. The second-order valence-corrected chi connectivity index (χ2v) is 8.25. The van der Waals surface area contributed by atoms with Gasteiger partial charge in [0.2, 0.25) is 10.0 Å². The molecule has 148 valence electrons. The van der Waals surface area contributed by atoms with E-state index >= 15 is 0 Å². The molecule has 0 bridgehead atoms. The van der Waals surface area contributed by atoms with Gasteiger partial charge in [-0.05, 0) is 42.8 Å². The van der Waals surface area contributed by atoms with Crippen LogP contribution in [0.25, 0.3) is 0 Å². The van der Waals surface area contributed by atoms with E-state index in [1.807, 2.05) is 0 Å². The van der Waals surface area contributed by atoms with Crippen LogP contribution in [0.2, 0.25) is 0 Å². The minimum atomic E-state index is -3.25. The SMILES string of the molecule is CNC(=O)COc1cccc(NC(=O)c2ccc(N3CCCS3(=O)=O)cc2)c1. The molecule has 1 heterocycles. The zero-order chi connectivity index (χ0) is 20.1. The summed E-state index contributed by atoms with van der Waals surface area (Å²) < 4.78 is 30.7. The van der Waals surface area contributed by atoms with E-state index in [1.54, 1.807) is 48.5 Å². The number of hydrogen-bond acceptors (Lipinski definition) is 5. The van der Waals surface area contributed by atoms with Crippen molar-refractivity contribution in [1.82, 2.24) is 5.32 Å². The normalized spacial score (nSPS) is 15.1. The van der Waals surface area contributed by atoms with Crippen LogP contribution in [0.5, 0.6) is 5.75 Å². The Morgan fingerprint density at radius 3 is 2.54 bits per heavy atom. The third kappa shape index (κ3) is 4.61. The first kappa shape index (κ1) is 19.7. The third-order valence-electron chi connectivity index (χ3n) is 4.26. The minimum Gasteiger partial charge on any atom is -0.484 e. The largest absolute Gasteiger partial charge is 0.484 e. The molecule has 2 aromatic carbocycles. The van der Waals surface area contributed by atoms with Gasteiger partial charge in [-0.25, -0.2) is 8.42 Å². The number of nitrogens with zero attached hydrogens (tertiary/aromatic N) is 1. The molecule has 2 N–H and O–H groups in total. The second kappa shape index (κ2) is 8.30. The summed E-state index contributed by atoms with van der Waals surface area (Å²) >= 11 is 0. The molecule has 8 nitrogen and oxygen atoms in total. The molecule has 9 heteroatoms. The van der Waals surface area contributed by atoms with E-state index in [0.717, 1.165) is 0 Å². The highest BCUT2D eigenvalue weighted by Crippen LogP contribution is 2.24. The van der Waals surface area contributed by atoms with E-state index in [2.05, 4.69) is 10.6 Å². The molecule has 1 fully saturated rings. The molecule has 1 aliphatic heterocycles. The van der Waals surface area contributed by atoms with Crippen LogP contribution in [0.4, 0.5) is 11.4 Å². The molecule has 0 aromatic heterocycles. The van der Waals surface area contributed by atoms with Gasteiger partial charge < -0.3 is 15.4 Å². The summed E-state index contributed by atoms with van der Waals surface area (Å²) in [5.74, 6) is 0.0120.